The molecular weight excluding hydrogens is 139 g/mol. The standard InChI is InChI=1S/C3H3Cl2S/c4-1-3(5)2-6/h1H,2H2/b3-1-. The number of halogens is 2. The van der Waals surface area contributed by atoms with Gasteiger partial charge in [0.25, 0.3) is 0 Å². The topological polar surface area (TPSA) is 0 Å². The highest BCUT2D eigenvalue weighted by atomic mass is 35.5. The van der Waals surface area contributed by atoms with Crippen LogP contribution in [0.25, 0.3) is 0 Å². The van der Waals surface area contributed by atoms with E-state index in [1.54, 1.807) is 0 Å². The summed E-state index contributed by atoms with van der Waals surface area (Å²) in [4.78, 5) is 0. The van der Waals surface area contributed by atoms with Crippen LogP contribution in [0.4, 0.5) is 0 Å². The number of hydrogen-bond donors (Lipinski definition) is 0. The molecule has 0 nitrogen and oxygen atoms in total. The second-order valence-corrected chi connectivity index (χ2v) is 1.69. The smallest absolute Gasteiger partial charge is 0.0405 e. The van der Waals surface area contributed by atoms with Crippen molar-refractivity contribution in [2.75, 3.05) is 5.75 Å². The molecule has 0 atom stereocenters. The SMILES string of the molecule is [S]C/C(Cl)=C/Cl. The van der Waals surface area contributed by atoms with Gasteiger partial charge < -0.3 is 0 Å². The van der Waals surface area contributed by atoms with Crippen molar-refractivity contribution in [1.82, 2.24) is 0 Å². The van der Waals surface area contributed by atoms with Crippen LogP contribution in [0.15, 0.2) is 10.6 Å². The lowest BCUT2D eigenvalue weighted by atomic mass is 10.7. The van der Waals surface area contributed by atoms with E-state index in [4.69, 9.17) is 23.2 Å². The van der Waals surface area contributed by atoms with Gasteiger partial charge in [0.2, 0.25) is 0 Å². The molecule has 0 heterocycles. The molecule has 0 aromatic heterocycles. The Morgan fingerprint density at radius 3 is 2.33 bits per heavy atom. The lowest BCUT2D eigenvalue weighted by Crippen LogP contribution is -1.64. The van der Waals surface area contributed by atoms with E-state index in [-0.39, 0.29) is 0 Å². The molecule has 0 fully saturated rings. The summed E-state index contributed by atoms with van der Waals surface area (Å²) in [5, 5.41) is 0.520. The Morgan fingerprint density at radius 2 is 2.33 bits per heavy atom. The quantitative estimate of drug-likeness (QED) is 0.527. The molecular formula is C3H3Cl2S. The lowest BCUT2D eigenvalue weighted by Gasteiger charge is -1.78. The first-order valence-electron chi connectivity index (χ1n) is 1.34. The molecule has 3 heteroatoms. The monoisotopic (exact) mass is 141 g/mol. The van der Waals surface area contributed by atoms with Gasteiger partial charge in [-0.2, -0.15) is 0 Å². The molecule has 0 unspecified atom stereocenters. The van der Waals surface area contributed by atoms with E-state index < -0.39 is 0 Å². The van der Waals surface area contributed by atoms with Gasteiger partial charge in [-0.3, -0.25) is 0 Å². The molecule has 0 aliphatic heterocycles. The fourth-order valence-electron chi connectivity index (χ4n) is 0.0315. The predicted octanol–water partition coefficient (Wildman–Crippen LogP) is 2.50. The first-order valence-corrected chi connectivity index (χ1v) is 2.73. The van der Waals surface area contributed by atoms with Crippen LogP contribution in [0.3, 0.4) is 0 Å². The fraction of sp³-hybridized carbons (Fsp3) is 0.333. The minimum atomic E-state index is 0.408. The van der Waals surface area contributed by atoms with E-state index >= 15 is 0 Å². The summed E-state index contributed by atoms with van der Waals surface area (Å²) in [6.07, 6.45) is 0. The van der Waals surface area contributed by atoms with Crippen molar-refractivity contribution >= 4 is 35.8 Å². The maximum Gasteiger partial charge on any atom is 0.0405 e. The van der Waals surface area contributed by atoms with E-state index in [0.29, 0.717) is 10.8 Å². The molecule has 0 aliphatic rings. The summed E-state index contributed by atoms with van der Waals surface area (Å²) >= 11 is 14.9. The van der Waals surface area contributed by atoms with Crippen molar-refractivity contribution in [3.05, 3.63) is 10.6 Å². The molecule has 0 aliphatic carbocycles. The Labute approximate surface area is 52.5 Å². The van der Waals surface area contributed by atoms with Crippen LogP contribution < -0.4 is 0 Å². The van der Waals surface area contributed by atoms with Crippen molar-refractivity contribution in [1.29, 1.82) is 0 Å². The van der Waals surface area contributed by atoms with Crippen molar-refractivity contribution in [3.8, 4) is 0 Å². The first kappa shape index (κ1) is 6.67. The van der Waals surface area contributed by atoms with Crippen molar-refractivity contribution in [3.63, 3.8) is 0 Å². The second kappa shape index (κ2) is 3.85. The summed E-state index contributed by atoms with van der Waals surface area (Å²) in [5.74, 6) is 0.408. The molecule has 0 aromatic carbocycles. The van der Waals surface area contributed by atoms with E-state index in [2.05, 4.69) is 12.6 Å². The normalized spacial score (nSPS) is 12.2. The average molecular weight is 142 g/mol. The third-order valence-electron chi connectivity index (χ3n) is 0.256. The van der Waals surface area contributed by atoms with E-state index in [9.17, 15) is 0 Å². The van der Waals surface area contributed by atoms with Gasteiger partial charge >= 0.3 is 0 Å². The molecule has 1 radical (unpaired) electrons. The molecule has 0 saturated heterocycles. The zero-order valence-electron chi connectivity index (χ0n) is 2.95. The molecule has 35 valence electrons. The van der Waals surface area contributed by atoms with Crippen LogP contribution in [0.5, 0.6) is 0 Å². The first-order chi connectivity index (χ1) is 2.81. The third kappa shape index (κ3) is 2.88. The van der Waals surface area contributed by atoms with Crippen LogP contribution in [0, 0.1) is 0 Å². The average Bonchev–Trinajstić information content (AvgIpc) is 1.65. The Hall–Kier alpha value is 0.670. The lowest BCUT2D eigenvalue weighted by molar-refractivity contribution is 1.75. The highest BCUT2D eigenvalue weighted by Crippen LogP contribution is 2.02. The number of hydrogen-bond acceptors (Lipinski definition) is 0. The summed E-state index contributed by atoms with van der Waals surface area (Å²) in [7, 11) is 0. The Kier molecular flexibility index (Phi) is 4.28. The third-order valence-corrected chi connectivity index (χ3v) is 1.34. The van der Waals surface area contributed by atoms with Crippen molar-refractivity contribution < 1.29 is 0 Å². The van der Waals surface area contributed by atoms with Crippen LogP contribution in [-0.4, -0.2) is 5.75 Å². The van der Waals surface area contributed by atoms with Crippen LogP contribution in [0.1, 0.15) is 0 Å². The van der Waals surface area contributed by atoms with Gasteiger partial charge in [-0.1, -0.05) is 35.8 Å². The van der Waals surface area contributed by atoms with E-state index in [0.717, 1.165) is 0 Å². The molecule has 0 saturated carbocycles. The molecule has 0 rings (SSSR count). The summed E-state index contributed by atoms with van der Waals surface area (Å²) < 4.78 is 0. The fourth-order valence-corrected chi connectivity index (χ4v) is 0.283. The Balaban J connectivity index is 3.22. The molecule has 0 bridgehead atoms. The maximum absolute atomic E-state index is 5.27. The van der Waals surface area contributed by atoms with Crippen molar-refractivity contribution in [2.24, 2.45) is 0 Å². The summed E-state index contributed by atoms with van der Waals surface area (Å²) in [5.41, 5.74) is 1.27. The van der Waals surface area contributed by atoms with Crippen LogP contribution in [0.2, 0.25) is 0 Å². The molecule has 0 aromatic rings. The van der Waals surface area contributed by atoms with Gasteiger partial charge in [-0.25, -0.2) is 0 Å². The summed E-state index contributed by atoms with van der Waals surface area (Å²) in [6, 6.07) is 0. The van der Waals surface area contributed by atoms with E-state index in [1.807, 2.05) is 0 Å². The molecule has 0 N–H and O–H groups in total. The molecule has 6 heavy (non-hydrogen) atoms. The van der Waals surface area contributed by atoms with Crippen LogP contribution in [-0.2, 0) is 0 Å². The van der Waals surface area contributed by atoms with Gasteiger partial charge in [0.1, 0.15) is 0 Å². The highest BCUT2D eigenvalue weighted by Gasteiger charge is 1.80. The van der Waals surface area contributed by atoms with Gasteiger partial charge in [0, 0.05) is 16.3 Å². The second-order valence-electron chi connectivity index (χ2n) is 0.700. The minimum absolute atomic E-state index is 0.408. The predicted molar refractivity (Wildman–Crippen MR) is 32.2 cm³/mol. The number of rotatable bonds is 1. The molecule has 0 spiro atoms. The van der Waals surface area contributed by atoms with Gasteiger partial charge in [-0.15, -0.1) is 0 Å². The van der Waals surface area contributed by atoms with Gasteiger partial charge in [0.05, 0.1) is 0 Å². The Bertz CT molecular complexity index is 59.8. The maximum atomic E-state index is 5.27. The summed E-state index contributed by atoms with van der Waals surface area (Å²) in [6.45, 7) is 0. The van der Waals surface area contributed by atoms with Gasteiger partial charge in [-0.05, 0) is 0 Å². The molecule has 0 amide bonds. The van der Waals surface area contributed by atoms with Crippen molar-refractivity contribution in [2.45, 2.75) is 0 Å². The zero-order valence-corrected chi connectivity index (χ0v) is 5.28. The highest BCUT2D eigenvalue weighted by molar-refractivity contribution is 7.80. The zero-order chi connectivity index (χ0) is 4.99. The van der Waals surface area contributed by atoms with Gasteiger partial charge in [0.15, 0.2) is 0 Å². The van der Waals surface area contributed by atoms with E-state index in [1.165, 1.54) is 5.54 Å². The largest absolute Gasteiger partial charge is 0.0917 e. The minimum Gasteiger partial charge on any atom is -0.0917 e. The Morgan fingerprint density at radius 1 is 1.83 bits per heavy atom. The van der Waals surface area contributed by atoms with Crippen LogP contribution >= 0.6 is 35.8 Å².